The number of isocyanates is 1. The van der Waals surface area contributed by atoms with Crippen molar-refractivity contribution in [2.24, 2.45) is 10.1 Å². The fourth-order valence-corrected chi connectivity index (χ4v) is 11.5. The molecular weight excluding hydrogens is 869 g/mol. The molecule has 0 aliphatic heterocycles. The molecule has 0 fully saturated rings. The molecule has 8 rings (SSSR count). The van der Waals surface area contributed by atoms with E-state index in [-0.39, 0.29) is 11.5 Å². The Balaban J connectivity index is 0.000000182. The number of hydrogen-bond donors (Lipinski definition) is 3. The van der Waals surface area contributed by atoms with Gasteiger partial charge in [-0.05, 0) is 185 Å². The SMILES string of the molecule is CCN(CCCCS(=O)(=O)NC(=O)Nc1c2c(cc3c1CCC3)CCC2)Cc1ccccc1.CCN(CCCCS(N)(=O)=O)Cc1ccccc1.O=C=Nc1c2c(cc3c1CCC3)CCC2. The van der Waals surface area contributed by atoms with Gasteiger partial charge in [0.1, 0.15) is 0 Å². The van der Waals surface area contributed by atoms with Crippen LogP contribution < -0.4 is 15.2 Å². The van der Waals surface area contributed by atoms with E-state index in [1.165, 1.54) is 68.5 Å². The van der Waals surface area contributed by atoms with Crippen molar-refractivity contribution < 1.29 is 26.4 Å². The first kappa shape index (κ1) is 50.7. The third-order valence-electron chi connectivity index (χ3n) is 13.2. The quantitative estimate of drug-likeness (QED) is 0.0477. The lowest BCUT2D eigenvalue weighted by Crippen LogP contribution is -2.36. The summed E-state index contributed by atoms with van der Waals surface area (Å²) in [5.41, 5.74) is 14.9. The van der Waals surface area contributed by atoms with Crippen LogP contribution in [0.4, 0.5) is 16.2 Å². The summed E-state index contributed by atoms with van der Waals surface area (Å²) >= 11 is 0. The van der Waals surface area contributed by atoms with Crippen molar-refractivity contribution >= 4 is 43.5 Å². The number of nitrogens with zero attached hydrogens (tertiary/aromatic N) is 3. The lowest BCUT2D eigenvalue weighted by molar-refractivity contribution is 0.256. The Morgan fingerprint density at radius 3 is 1.47 bits per heavy atom. The molecule has 0 unspecified atom stereocenters. The van der Waals surface area contributed by atoms with Gasteiger partial charge in [0.25, 0.3) is 0 Å². The average molecular weight is 939 g/mol. The zero-order valence-electron chi connectivity index (χ0n) is 39.1. The lowest BCUT2D eigenvalue weighted by atomic mass is 9.99. The van der Waals surface area contributed by atoms with Crippen molar-refractivity contribution in [1.82, 2.24) is 14.5 Å². The number of sulfonamides is 2. The van der Waals surface area contributed by atoms with Crippen LogP contribution in [0, 0.1) is 0 Å². The van der Waals surface area contributed by atoms with Gasteiger partial charge in [0.15, 0.2) is 0 Å². The zero-order chi connectivity index (χ0) is 46.9. The maximum atomic E-state index is 12.6. The lowest BCUT2D eigenvalue weighted by Gasteiger charge is -2.20. The summed E-state index contributed by atoms with van der Waals surface area (Å²) in [6, 6.07) is 24.6. The van der Waals surface area contributed by atoms with Gasteiger partial charge in [-0.1, -0.05) is 86.6 Å². The van der Waals surface area contributed by atoms with Crippen molar-refractivity contribution in [2.45, 2.75) is 130 Å². The summed E-state index contributed by atoms with van der Waals surface area (Å²) in [5.74, 6) is 0.0320. The number of aryl methyl sites for hydroxylation is 4. The molecular formula is C52H70N6O6S2. The highest BCUT2D eigenvalue weighted by molar-refractivity contribution is 7.90. The highest BCUT2D eigenvalue weighted by atomic mass is 32.2. The first-order valence-electron chi connectivity index (χ1n) is 24.1. The van der Waals surface area contributed by atoms with E-state index in [1.807, 2.05) is 36.4 Å². The fraction of sp³-hybridized carbons (Fsp3) is 0.500. The number of fused-ring (bicyclic) bond motifs is 4. The summed E-state index contributed by atoms with van der Waals surface area (Å²) < 4.78 is 48.9. The van der Waals surface area contributed by atoms with Gasteiger partial charge in [0.05, 0.1) is 17.2 Å². The van der Waals surface area contributed by atoms with Gasteiger partial charge in [-0.15, -0.1) is 0 Å². The van der Waals surface area contributed by atoms with E-state index < -0.39 is 26.1 Å². The molecule has 0 spiro atoms. The Morgan fingerprint density at radius 1 is 0.621 bits per heavy atom. The summed E-state index contributed by atoms with van der Waals surface area (Å²) in [7, 11) is -6.98. The summed E-state index contributed by atoms with van der Waals surface area (Å²) in [6.45, 7) is 9.60. The summed E-state index contributed by atoms with van der Waals surface area (Å²) in [5, 5.41) is 7.87. The van der Waals surface area contributed by atoms with E-state index in [9.17, 15) is 26.4 Å². The number of primary sulfonamides is 1. The topological polar surface area (TPSA) is 171 Å². The van der Waals surface area contributed by atoms with Crippen molar-refractivity contribution in [3.05, 3.63) is 128 Å². The highest BCUT2D eigenvalue weighted by Gasteiger charge is 2.27. The first-order valence-corrected chi connectivity index (χ1v) is 27.5. The molecule has 4 N–H and O–H groups in total. The van der Waals surface area contributed by atoms with Crippen LogP contribution >= 0.6 is 0 Å². The molecule has 0 heterocycles. The normalized spacial score (nSPS) is 14.6. The van der Waals surface area contributed by atoms with Gasteiger partial charge in [-0.3, -0.25) is 9.80 Å². The van der Waals surface area contributed by atoms with E-state index in [0.717, 1.165) is 128 Å². The molecule has 4 aromatic rings. The van der Waals surface area contributed by atoms with Crippen LogP contribution in [0.15, 0.2) is 77.8 Å². The van der Waals surface area contributed by atoms with E-state index >= 15 is 0 Å². The second-order valence-electron chi connectivity index (χ2n) is 18.0. The number of benzene rings is 4. The van der Waals surface area contributed by atoms with Gasteiger partial charge in [-0.2, -0.15) is 4.99 Å². The number of anilines is 1. The van der Waals surface area contributed by atoms with E-state index in [4.69, 9.17) is 5.14 Å². The number of carbonyl (C=O) groups excluding carboxylic acids is 2. The number of rotatable bonds is 19. The van der Waals surface area contributed by atoms with Gasteiger partial charge in [0.2, 0.25) is 26.1 Å². The van der Waals surface area contributed by atoms with Crippen molar-refractivity contribution in [2.75, 3.05) is 43.0 Å². The van der Waals surface area contributed by atoms with Crippen molar-refractivity contribution in [3.8, 4) is 0 Å². The molecule has 0 aromatic heterocycles. The molecule has 0 radical (unpaired) electrons. The van der Waals surface area contributed by atoms with E-state index in [2.05, 4.69) is 75.1 Å². The minimum atomic E-state index is -3.67. The number of amides is 2. The molecule has 2 amide bonds. The zero-order valence-corrected chi connectivity index (χ0v) is 40.7. The second kappa shape index (κ2) is 24.9. The molecule has 0 saturated heterocycles. The van der Waals surface area contributed by atoms with Crippen molar-refractivity contribution in [3.63, 3.8) is 0 Å². The van der Waals surface area contributed by atoms with Gasteiger partial charge < -0.3 is 5.32 Å². The highest BCUT2D eigenvalue weighted by Crippen LogP contribution is 2.40. The molecule has 0 bridgehead atoms. The van der Waals surface area contributed by atoms with E-state index in [1.54, 1.807) is 6.08 Å². The minimum absolute atomic E-state index is 0.0473. The number of nitrogens with two attached hydrogens (primary N) is 1. The number of urea groups is 1. The van der Waals surface area contributed by atoms with Crippen molar-refractivity contribution in [1.29, 1.82) is 0 Å². The number of nitrogens with one attached hydrogen (secondary N) is 2. The molecule has 12 nitrogen and oxygen atoms in total. The van der Waals surface area contributed by atoms with Crippen LogP contribution in [0.2, 0.25) is 0 Å². The molecule has 14 heteroatoms. The fourth-order valence-electron chi connectivity index (χ4n) is 9.91. The largest absolute Gasteiger partial charge is 0.332 e. The standard InChI is InChI=1S/C26H35N3O3S.C13H22N2O2S.C13H13NO/c1-2-29(19-20-10-4-3-5-11-20)16-6-7-17-33(31,32)28-26(30)27-25-23-14-8-12-21(23)18-22-13-9-15-24(22)25;1-2-15(10-6-7-11-18(14,16)17)12-13-8-4-3-5-9-13;15-8-14-13-11-5-1-3-9(11)7-10-4-2-6-12(10)13/h3-5,10-11,18H,2,6-9,12-17,19H2,1H3,(H2,27,28,30);3-5,8-9H,2,6-7,10-12H2,1H3,(H2,14,16,17);7H,1-6H2. The Kier molecular flexibility index (Phi) is 19.1. The maximum Gasteiger partial charge on any atom is 0.332 e. The third kappa shape index (κ3) is 15.2. The van der Waals surface area contributed by atoms with Crippen LogP contribution in [0.3, 0.4) is 0 Å². The maximum absolute atomic E-state index is 12.6. The Morgan fingerprint density at radius 2 is 1.05 bits per heavy atom. The van der Waals surface area contributed by atoms with Crippen LogP contribution in [0.1, 0.15) is 121 Å². The predicted molar refractivity (Wildman–Crippen MR) is 266 cm³/mol. The number of hydrogen-bond acceptors (Lipinski definition) is 9. The molecule has 4 aliphatic carbocycles. The first-order chi connectivity index (χ1) is 31.9. The van der Waals surface area contributed by atoms with Crippen LogP contribution in [0.25, 0.3) is 0 Å². The monoisotopic (exact) mass is 938 g/mol. The number of carbonyl (C=O) groups is 1. The molecule has 0 atom stereocenters. The Bertz CT molecular complexity index is 2450. The molecule has 66 heavy (non-hydrogen) atoms. The smallest absolute Gasteiger partial charge is 0.307 e. The van der Waals surface area contributed by atoms with Gasteiger partial charge in [-0.25, -0.2) is 36.3 Å². The number of unbranched alkanes of at least 4 members (excludes halogenated alkanes) is 2. The number of aliphatic imine (C=N–C) groups is 1. The summed E-state index contributed by atoms with van der Waals surface area (Å²) in [6.07, 6.45) is 17.5. The molecule has 356 valence electrons. The predicted octanol–water partition coefficient (Wildman–Crippen LogP) is 8.63. The molecule has 0 saturated carbocycles. The molecule has 4 aromatic carbocycles. The van der Waals surface area contributed by atoms with Crippen LogP contribution in [0.5, 0.6) is 0 Å². The third-order valence-corrected chi connectivity index (χ3v) is 15.4. The van der Waals surface area contributed by atoms with E-state index in [0.29, 0.717) is 12.8 Å². The van der Waals surface area contributed by atoms with Gasteiger partial charge in [0, 0.05) is 18.8 Å². The van der Waals surface area contributed by atoms with Gasteiger partial charge >= 0.3 is 6.03 Å². The second-order valence-corrected chi connectivity index (χ2v) is 21.6. The Labute approximate surface area is 394 Å². The Hall–Kier alpha value is -4.69. The average Bonchev–Trinajstić information content (AvgIpc) is 4.15. The summed E-state index contributed by atoms with van der Waals surface area (Å²) in [4.78, 5) is 31.6. The van der Waals surface area contributed by atoms with Crippen LogP contribution in [-0.4, -0.2) is 76.4 Å². The molecule has 4 aliphatic rings. The van der Waals surface area contributed by atoms with Crippen LogP contribution in [-0.2, 0) is 89.3 Å². The minimum Gasteiger partial charge on any atom is -0.307 e.